The first-order valence-electron chi connectivity index (χ1n) is 7.32. The van der Waals surface area contributed by atoms with Crippen molar-refractivity contribution >= 4 is 17.4 Å². The predicted molar refractivity (Wildman–Crippen MR) is 94.0 cm³/mol. The largest absolute Gasteiger partial charge is 0.506 e. The molecule has 0 aromatic heterocycles. The fourth-order valence-corrected chi connectivity index (χ4v) is 2.45. The van der Waals surface area contributed by atoms with Crippen LogP contribution < -0.4 is 5.01 Å². The van der Waals surface area contributed by atoms with E-state index in [-0.39, 0.29) is 17.0 Å². The van der Waals surface area contributed by atoms with Crippen molar-refractivity contribution in [2.45, 2.75) is 0 Å². The second-order valence-corrected chi connectivity index (χ2v) is 5.30. The van der Waals surface area contributed by atoms with Crippen molar-refractivity contribution in [1.82, 2.24) is 0 Å². The molecule has 1 aliphatic heterocycles. The van der Waals surface area contributed by atoms with Crippen LogP contribution in [0.25, 0.3) is 11.1 Å². The number of aliphatic hydroxyl groups is 1. The summed E-state index contributed by atoms with van der Waals surface area (Å²) in [5.74, 6) is -1.53. The van der Waals surface area contributed by atoms with Gasteiger partial charge in [-0.15, -0.1) is 0 Å². The summed E-state index contributed by atoms with van der Waals surface area (Å²) in [4.78, 5) is 11.3. The lowest BCUT2D eigenvalue weighted by Crippen LogP contribution is -2.26. The molecule has 2 aromatic carbocycles. The number of carboxylic acids is 1. The zero-order valence-electron chi connectivity index (χ0n) is 13.0. The minimum absolute atomic E-state index is 0.0420. The molecular weight excluding hydrogens is 318 g/mol. The Morgan fingerprint density at radius 3 is 2.48 bits per heavy atom. The van der Waals surface area contributed by atoms with Gasteiger partial charge in [0.25, 0.3) is 0 Å². The van der Waals surface area contributed by atoms with Gasteiger partial charge in [0, 0.05) is 11.1 Å². The first-order valence-corrected chi connectivity index (χ1v) is 7.32. The topological polar surface area (TPSA) is 96.9 Å². The van der Waals surface area contributed by atoms with Gasteiger partial charge in [0.2, 0.25) is 0 Å². The van der Waals surface area contributed by atoms with E-state index in [1.165, 1.54) is 11.2 Å². The van der Waals surface area contributed by atoms with Crippen LogP contribution in [-0.4, -0.2) is 21.9 Å². The first-order chi connectivity index (χ1) is 12.0. The molecule has 0 bridgehead atoms. The number of rotatable bonds is 3. The minimum Gasteiger partial charge on any atom is -0.506 e. The quantitative estimate of drug-likeness (QED) is 0.898. The predicted octanol–water partition coefficient (Wildman–Crippen LogP) is 3.44. The number of nitriles is 1. The van der Waals surface area contributed by atoms with Gasteiger partial charge in [0.1, 0.15) is 5.76 Å². The molecule has 1 heterocycles. The van der Waals surface area contributed by atoms with Gasteiger partial charge >= 0.3 is 5.97 Å². The van der Waals surface area contributed by atoms with Crippen molar-refractivity contribution in [2.24, 2.45) is 5.10 Å². The van der Waals surface area contributed by atoms with E-state index in [4.69, 9.17) is 5.26 Å². The smallest absolute Gasteiger partial charge is 0.357 e. The van der Waals surface area contributed by atoms with E-state index in [0.717, 1.165) is 11.1 Å². The van der Waals surface area contributed by atoms with Crippen molar-refractivity contribution in [2.75, 3.05) is 5.01 Å². The first kappa shape index (κ1) is 16.0. The van der Waals surface area contributed by atoms with Gasteiger partial charge in [-0.2, -0.15) is 10.4 Å². The van der Waals surface area contributed by atoms with Gasteiger partial charge in [-0.05, 0) is 23.8 Å². The molecule has 2 N–H and O–H groups in total. The summed E-state index contributed by atoms with van der Waals surface area (Å²) >= 11 is 0. The van der Waals surface area contributed by atoms with Crippen molar-refractivity contribution in [3.05, 3.63) is 78.2 Å². The summed E-state index contributed by atoms with van der Waals surface area (Å²) in [6.45, 7) is 3.54. The van der Waals surface area contributed by atoms with Gasteiger partial charge in [-0.3, -0.25) is 0 Å². The second-order valence-electron chi connectivity index (χ2n) is 5.30. The molecule has 0 spiro atoms. The number of benzene rings is 2. The third-order valence-electron chi connectivity index (χ3n) is 3.73. The second kappa shape index (κ2) is 6.34. The number of hydrazone groups is 1. The molecule has 1 aliphatic rings. The number of nitrogens with zero attached hydrogens (tertiary/aromatic N) is 3. The van der Waals surface area contributed by atoms with E-state index >= 15 is 0 Å². The van der Waals surface area contributed by atoms with Crippen LogP contribution in [0, 0.1) is 11.3 Å². The van der Waals surface area contributed by atoms with Gasteiger partial charge in [-0.1, -0.05) is 36.9 Å². The van der Waals surface area contributed by atoms with Crippen LogP contribution in [0.1, 0.15) is 5.56 Å². The Morgan fingerprint density at radius 1 is 1.16 bits per heavy atom. The molecule has 2 aromatic rings. The zero-order valence-corrected chi connectivity index (χ0v) is 13.0. The number of carboxylic acid groups (broad SMARTS) is 1. The van der Waals surface area contributed by atoms with Crippen LogP contribution in [0.3, 0.4) is 0 Å². The normalized spacial score (nSPS) is 13.7. The maximum Gasteiger partial charge on any atom is 0.357 e. The molecular formula is C19H13N3O3. The average molecular weight is 331 g/mol. The van der Waals surface area contributed by atoms with Gasteiger partial charge in [0.05, 0.1) is 23.5 Å². The van der Waals surface area contributed by atoms with Crippen molar-refractivity contribution in [1.29, 1.82) is 5.26 Å². The van der Waals surface area contributed by atoms with E-state index in [9.17, 15) is 15.0 Å². The van der Waals surface area contributed by atoms with Crippen LogP contribution >= 0.6 is 0 Å². The van der Waals surface area contributed by atoms with Crippen LogP contribution in [0.2, 0.25) is 0 Å². The molecule has 0 fully saturated rings. The summed E-state index contributed by atoms with van der Waals surface area (Å²) in [7, 11) is 0. The molecule has 0 saturated heterocycles. The maximum absolute atomic E-state index is 11.3. The Labute approximate surface area is 143 Å². The molecule has 0 atom stereocenters. The molecule has 122 valence electrons. The average Bonchev–Trinajstić information content (AvgIpc) is 2.63. The van der Waals surface area contributed by atoms with Crippen molar-refractivity contribution in [3.63, 3.8) is 0 Å². The molecule has 0 amide bonds. The summed E-state index contributed by atoms with van der Waals surface area (Å²) in [6, 6.07) is 16.3. The van der Waals surface area contributed by atoms with E-state index in [0.29, 0.717) is 11.3 Å². The number of carbonyl (C=O) groups is 1. The number of hydrogen-bond donors (Lipinski definition) is 2. The molecule has 0 aliphatic carbocycles. The number of hydrogen-bond acceptors (Lipinski definition) is 5. The van der Waals surface area contributed by atoms with E-state index in [2.05, 4.69) is 17.7 Å². The van der Waals surface area contributed by atoms with E-state index in [1.54, 1.807) is 36.4 Å². The summed E-state index contributed by atoms with van der Waals surface area (Å²) in [6.07, 6.45) is 1.32. The molecule has 0 unspecified atom stereocenters. The Hall–Kier alpha value is -3.85. The summed E-state index contributed by atoms with van der Waals surface area (Å²) in [5.41, 5.74) is 2.37. The van der Waals surface area contributed by atoms with Gasteiger partial charge in [0.15, 0.2) is 5.71 Å². The minimum atomic E-state index is -1.27. The third kappa shape index (κ3) is 2.99. The molecule has 0 saturated carbocycles. The van der Waals surface area contributed by atoms with Gasteiger partial charge < -0.3 is 10.2 Å². The number of aliphatic hydroxyl groups excluding tert-OH is 1. The molecule has 3 rings (SSSR count). The lowest BCUT2D eigenvalue weighted by atomic mass is 10.0. The lowest BCUT2D eigenvalue weighted by molar-refractivity contribution is -0.129. The number of aliphatic carboxylic acids is 1. The monoisotopic (exact) mass is 331 g/mol. The van der Waals surface area contributed by atoms with Crippen LogP contribution in [0.15, 0.2) is 77.7 Å². The molecule has 6 nitrogen and oxygen atoms in total. The highest BCUT2D eigenvalue weighted by Crippen LogP contribution is 2.33. The van der Waals surface area contributed by atoms with Crippen molar-refractivity contribution in [3.8, 4) is 17.2 Å². The van der Waals surface area contributed by atoms with E-state index in [1.807, 2.05) is 12.1 Å². The van der Waals surface area contributed by atoms with Crippen LogP contribution in [-0.2, 0) is 4.79 Å². The summed E-state index contributed by atoms with van der Waals surface area (Å²) in [5, 5.41) is 33.5. The van der Waals surface area contributed by atoms with E-state index < -0.39 is 5.97 Å². The highest BCUT2D eigenvalue weighted by molar-refractivity contribution is 6.43. The van der Waals surface area contributed by atoms with Gasteiger partial charge in [-0.25, -0.2) is 9.80 Å². The standard InChI is InChI=1S/C19H13N3O3/c1-12-17(23)11-22(21-18(12)19(24)25)16-5-3-2-4-15(16)14-8-6-13(10-20)7-9-14/h2-9,11,23H,1H2,(H,24,25). The highest BCUT2D eigenvalue weighted by Gasteiger charge is 2.25. The van der Waals surface area contributed by atoms with Crippen molar-refractivity contribution < 1.29 is 15.0 Å². The zero-order chi connectivity index (χ0) is 18.0. The fourth-order valence-electron chi connectivity index (χ4n) is 2.45. The molecule has 0 radical (unpaired) electrons. The molecule has 25 heavy (non-hydrogen) atoms. The highest BCUT2D eigenvalue weighted by atomic mass is 16.4. The number of allylic oxidation sites excluding steroid dienone is 1. The fraction of sp³-hybridized carbons (Fsp3) is 0. The lowest BCUT2D eigenvalue weighted by Gasteiger charge is -2.23. The Morgan fingerprint density at radius 2 is 1.84 bits per heavy atom. The maximum atomic E-state index is 11.3. The molecule has 6 heteroatoms. The third-order valence-corrected chi connectivity index (χ3v) is 3.73. The SMILES string of the molecule is C=C1C(O)=CN(c2ccccc2-c2ccc(C#N)cc2)N=C1C(=O)O. The Kier molecular flexibility index (Phi) is 4.06. The summed E-state index contributed by atoms with van der Waals surface area (Å²) < 4.78 is 0. The van der Waals surface area contributed by atoms with Crippen LogP contribution in [0.4, 0.5) is 5.69 Å². The Bertz CT molecular complexity index is 966. The number of anilines is 1. The number of para-hydroxylation sites is 1. The van der Waals surface area contributed by atoms with Crippen LogP contribution in [0.5, 0.6) is 0 Å². The Balaban J connectivity index is 2.11.